The molecule has 0 saturated heterocycles. The number of hydrogen-bond acceptors (Lipinski definition) is 3. The van der Waals surface area contributed by atoms with E-state index < -0.39 is 5.97 Å². The number of carboxylic acids is 1. The van der Waals surface area contributed by atoms with Crippen LogP contribution in [0.15, 0.2) is 48.5 Å². The fourth-order valence-corrected chi connectivity index (χ4v) is 1.75. The maximum atomic E-state index is 10.7. The molecule has 0 spiro atoms. The van der Waals surface area contributed by atoms with Crippen molar-refractivity contribution in [2.45, 2.75) is 6.42 Å². The second kappa shape index (κ2) is 5.56. The predicted octanol–water partition coefficient (Wildman–Crippen LogP) is 2.42. The van der Waals surface area contributed by atoms with Gasteiger partial charge in [-0.2, -0.15) is 0 Å². The number of carboxylic acid groups (broad SMARTS) is 1. The van der Waals surface area contributed by atoms with Crippen LogP contribution < -0.4 is 9.84 Å². The SMILES string of the molecule is O=C([O-])Cc1cc(Cl)ccc1Oc1ccccc1. The lowest BCUT2D eigenvalue weighted by atomic mass is 10.1. The van der Waals surface area contributed by atoms with Gasteiger partial charge >= 0.3 is 0 Å². The van der Waals surface area contributed by atoms with E-state index in [-0.39, 0.29) is 6.42 Å². The predicted molar refractivity (Wildman–Crippen MR) is 66.7 cm³/mol. The number of carbonyl (C=O) groups is 1. The normalized spacial score (nSPS) is 10.1. The molecule has 0 heterocycles. The zero-order valence-electron chi connectivity index (χ0n) is 9.43. The Bertz CT molecular complexity index is 552. The van der Waals surface area contributed by atoms with Crippen LogP contribution in [0, 0.1) is 0 Å². The summed E-state index contributed by atoms with van der Waals surface area (Å²) in [6.07, 6.45) is -0.233. The van der Waals surface area contributed by atoms with Gasteiger partial charge < -0.3 is 14.6 Å². The van der Waals surface area contributed by atoms with E-state index >= 15 is 0 Å². The maximum absolute atomic E-state index is 10.7. The van der Waals surface area contributed by atoms with Crippen molar-refractivity contribution < 1.29 is 14.6 Å². The molecule has 3 nitrogen and oxygen atoms in total. The number of aliphatic carboxylic acids is 1. The molecule has 0 aromatic heterocycles. The van der Waals surface area contributed by atoms with E-state index in [1.165, 1.54) is 0 Å². The number of ether oxygens (including phenoxy) is 1. The number of halogens is 1. The lowest BCUT2D eigenvalue weighted by molar-refractivity contribution is -0.304. The Morgan fingerprint density at radius 3 is 2.56 bits per heavy atom. The molecule has 0 radical (unpaired) electrons. The standard InChI is InChI=1S/C14H11ClO3/c15-11-6-7-13(10(8-11)9-14(16)17)18-12-4-2-1-3-5-12/h1-8H,9H2,(H,16,17)/p-1. The van der Waals surface area contributed by atoms with Gasteiger partial charge in [-0.1, -0.05) is 29.8 Å². The zero-order chi connectivity index (χ0) is 13.0. The minimum absolute atomic E-state index is 0.233. The summed E-state index contributed by atoms with van der Waals surface area (Å²) < 4.78 is 5.62. The van der Waals surface area contributed by atoms with Crippen molar-refractivity contribution in [1.82, 2.24) is 0 Å². The molecular formula is C14H10ClO3-. The van der Waals surface area contributed by atoms with Crippen LogP contribution in [0.3, 0.4) is 0 Å². The Labute approximate surface area is 110 Å². The van der Waals surface area contributed by atoms with Crippen LogP contribution in [-0.4, -0.2) is 5.97 Å². The summed E-state index contributed by atoms with van der Waals surface area (Å²) in [6, 6.07) is 14.0. The minimum Gasteiger partial charge on any atom is -0.550 e. The van der Waals surface area contributed by atoms with Crippen LogP contribution in [0.2, 0.25) is 5.02 Å². The molecule has 18 heavy (non-hydrogen) atoms. The van der Waals surface area contributed by atoms with Crippen LogP contribution in [0.5, 0.6) is 11.5 Å². The second-order valence-corrected chi connectivity index (χ2v) is 4.15. The van der Waals surface area contributed by atoms with Crippen molar-refractivity contribution in [2.75, 3.05) is 0 Å². The van der Waals surface area contributed by atoms with Crippen molar-refractivity contribution >= 4 is 17.6 Å². The van der Waals surface area contributed by atoms with E-state index in [2.05, 4.69) is 0 Å². The molecule has 0 aliphatic rings. The van der Waals surface area contributed by atoms with Crippen LogP contribution in [-0.2, 0) is 11.2 Å². The second-order valence-electron chi connectivity index (χ2n) is 3.72. The van der Waals surface area contributed by atoms with Gasteiger partial charge in [0.25, 0.3) is 0 Å². The maximum Gasteiger partial charge on any atom is 0.131 e. The molecule has 0 aliphatic heterocycles. The fraction of sp³-hybridized carbons (Fsp3) is 0.0714. The first kappa shape index (κ1) is 12.5. The summed E-state index contributed by atoms with van der Waals surface area (Å²) >= 11 is 5.83. The molecule has 2 aromatic rings. The van der Waals surface area contributed by atoms with E-state index in [1.807, 2.05) is 18.2 Å². The molecule has 0 amide bonds. The average Bonchev–Trinajstić information content (AvgIpc) is 2.33. The van der Waals surface area contributed by atoms with Crippen LogP contribution >= 0.6 is 11.6 Å². The topological polar surface area (TPSA) is 49.4 Å². The molecule has 0 bridgehead atoms. The number of para-hydroxylation sites is 1. The van der Waals surface area contributed by atoms with Crippen molar-refractivity contribution in [3.05, 3.63) is 59.1 Å². The summed E-state index contributed by atoms with van der Waals surface area (Å²) in [6.45, 7) is 0. The molecule has 0 fully saturated rings. The third kappa shape index (κ3) is 3.25. The van der Waals surface area contributed by atoms with Gasteiger partial charge in [0.2, 0.25) is 0 Å². The number of hydrogen-bond donors (Lipinski definition) is 0. The van der Waals surface area contributed by atoms with E-state index in [0.29, 0.717) is 22.1 Å². The average molecular weight is 262 g/mol. The third-order valence-corrected chi connectivity index (χ3v) is 2.56. The summed E-state index contributed by atoms with van der Waals surface area (Å²) in [5, 5.41) is 11.1. The summed E-state index contributed by atoms with van der Waals surface area (Å²) in [4.78, 5) is 10.7. The number of benzene rings is 2. The summed E-state index contributed by atoms with van der Waals surface area (Å²) in [5.74, 6) is -0.0654. The highest BCUT2D eigenvalue weighted by Crippen LogP contribution is 2.28. The molecule has 0 unspecified atom stereocenters. The van der Waals surface area contributed by atoms with Crippen LogP contribution in [0.25, 0.3) is 0 Å². The quantitative estimate of drug-likeness (QED) is 0.849. The van der Waals surface area contributed by atoms with Gasteiger partial charge in [-0.3, -0.25) is 0 Å². The molecule has 4 heteroatoms. The van der Waals surface area contributed by atoms with Crippen LogP contribution in [0.1, 0.15) is 5.56 Å². The highest BCUT2D eigenvalue weighted by molar-refractivity contribution is 6.30. The highest BCUT2D eigenvalue weighted by atomic mass is 35.5. The first-order valence-electron chi connectivity index (χ1n) is 5.36. The van der Waals surface area contributed by atoms with Gasteiger partial charge in [0.05, 0.1) is 0 Å². The monoisotopic (exact) mass is 261 g/mol. The number of carbonyl (C=O) groups excluding carboxylic acids is 1. The molecule has 2 rings (SSSR count). The van der Waals surface area contributed by atoms with Gasteiger partial charge in [0, 0.05) is 23.0 Å². The smallest absolute Gasteiger partial charge is 0.131 e. The molecular weight excluding hydrogens is 252 g/mol. The molecule has 0 atom stereocenters. The highest BCUT2D eigenvalue weighted by Gasteiger charge is 2.06. The largest absolute Gasteiger partial charge is 0.550 e. The van der Waals surface area contributed by atoms with Crippen LogP contribution in [0.4, 0.5) is 0 Å². The Morgan fingerprint density at radius 2 is 1.89 bits per heavy atom. The first-order valence-corrected chi connectivity index (χ1v) is 5.74. The Morgan fingerprint density at radius 1 is 1.17 bits per heavy atom. The Kier molecular flexibility index (Phi) is 3.85. The van der Waals surface area contributed by atoms with E-state index in [9.17, 15) is 9.90 Å². The molecule has 0 N–H and O–H groups in total. The van der Waals surface area contributed by atoms with Gasteiger partial charge in [-0.15, -0.1) is 0 Å². The molecule has 0 aliphatic carbocycles. The van der Waals surface area contributed by atoms with Crippen molar-refractivity contribution in [2.24, 2.45) is 0 Å². The molecule has 2 aromatic carbocycles. The lowest BCUT2D eigenvalue weighted by Gasteiger charge is -2.12. The van der Waals surface area contributed by atoms with E-state index in [0.717, 1.165) is 0 Å². The van der Waals surface area contributed by atoms with Crippen molar-refractivity contribution in [3.8, 4) is 11.5 Å². The first-order chi connectivity index (χ1) is 8.65. The lowest BCUT2D eigenvalue weighted by Crippen LogP contribution is -2.24. The van der Waals surface area contributed by atoms with Gasteiger partial charge in [-0.05, 0) is 30.3 Å². The Balaban J connectivity index is 2.29. The van der Waals surface area contributed by atoms with Gasteiger partial charge in [0.1, 0.15) is 11.5 Å². The minimum atomic E-state index is -1.17. The summed E-state index contributed by atoms with van der Waals surface area (Å²) in [7, 11) is 0. The van der Waals surface area contributed by atoms with Crippen molar-refractivity contribution in [3.63, 3.8) is 0 Å². The molecule has 92 valence electrons. The Hall–Kier alpha value is -2.00. The zero-order valence-corrected chi connectivity index (χ0v) is 10.2. The fourth-order valence-electron chi connectivity index (χ4n) is 1.56. The number of rotatable bonds is 4. The van der Waals surface area contributed by atoms with Gasteiger partial charge in [0.15, 0.2) is 0 Å². The van der Waals surface area contributed by atoms with Crippen molar-refractivity contribution in [1.29, 1.82) is 0 Å². The summed E-state index contributed by atoms with van der Waals surface area (Å²) in [5.41, 5.74) is 0.492. The van der Waals surface area contributed by atoms with E-state index in [1.54, 1.807) is 30.3 Å². The van der Waals surface area contributed by atoms with Gasteiger partial charge in [-0.25, -0.2) is 0 Å². The molecule has 0 saturated carbocycles. The third-order valence-electron chi connectivity index (χ3n) is 2.33. The van der Waals surface area contributed by atoms with E-state index in [4.69, 9.17) is 16.3 Å².